The monoisotopic (exact) mass is 470 g/mol. The van der Waals surface area contributed by atoms with Crippen LogP contribution in [0.3, 0.4) is 0 Å². The number of benzene rings is 1. The number of anilines is 2. The number of aryl methyl sites for hydroxylation is 1. The number of nitriles is 1. The largest absolute Gasteiger partial charge is 0.493 e. The third kappa shape index (κ3) is 5.57. The lowest BCUT2D eigenvalue weighted by molar-refractivity contribution is 0.281. The fourth-order valence-corrected chi connectivity index (χ4v) is 4.65. The van der Waals surface area contributed by atoms with Crippen molar-refractivity contribution >= 4 is 23.0 Å². The zero-order valence-corrected chi connectivity index (χ0v) is 20.3. The van der Waals surface area contributed by atoms with Gasteiger partial charge in [-0.1, -0.05) is 12.1 Å². The van der Waals surface area contributed by atoms with Crippen molar-refractivity contribution in [3.05, 3.63) is 71.5 Å². The SMILES string of the molecule is Cc1sc(-c2ccnc(Nc3cccc(OCCCN(C)C)c3)n2)c(-c2cccnc2)c1C#N. The third-order valence-corrected chi connectivity index (χ3v) is 6.27. The van der Waals surface area contributed by atoms with E-state index in [9.17, 15) is 5.26 Å². The second kappa shape index (κ2) is 10.9. The van der Waals surface area contributed by atoms with Crippen molar-refractivity contribution < 1.29 is 4.74 Å². The standard InChI is InChI=1S/C26H26N6OS/c1-18-22(16-27)24(19-7-5-11-28-17-19)25(34-18)23-10-12-29-26(31-23)30-20-8-4-9-21(15-20)33-14-6-13-32(2)3/h4-5,7-12,15,17H,6,13-14H2,1-3H3,(H,29,30,31). The van der Waals surface area contributed by atoms with Gasteiger partial charge < -0.3 is 15.0 Å². The first-order valence-electron chi connectivity index (χ1n) is 11.0. The number of pyridine rings is 1. The van der Waals surface area contributed by atoms with Gasteiger partial charge in [-0.25, -0.2) is 9.97 Å². The van der Waals surface area contributed by atoms with Crippen LogP contribution in [-0.4, -0.2) is 47.1 Å². The molecule has 0 bridgehead atoms. The van der Waals surface area contributed by atoms with Crippen LogP contribution in [0.5, 0.6) is 5.75 Å². The summed E-state index contributed by atoms with van der Waals surface area (Å²) in [6.07, 6.45) is 6.18. The molecule has 4 aromatic rings. The van der Waals surface area contributed by atoms with Gasteiger partial charge in [0, 0.05) is 52.9 Å². The smallest absolute Gasteiger partial charge is 0.227 e. The molecule has 0 fully saturated rings. The van der Waals surface area contributed by atoms with Crippen molar-refractivity contribution in [3.63, 3.8) is 0 Å². The van der Waals surface area contributed by atoms with E-state index in [1.807, 2.05) is 49.4 Å². The fraction of sp³-hybridized carbons (Fsp3) is 0.231. The summed E-state index contributed by atoms with van der Waals surface area (Å²) in [5, 5.41) is 13.1. The highest BCUT2D eigenvalue weighted by Crippen LogP contribution is 2.41. The number of nitrogens with one attached hydrogen (secondary N) is 1. The van der Waals surface area contributed by atoms with Crippen LogP contribution in [0.1, 0.15) is 16.9 Å². The molecule has 0 amide bonds. The van der Waals surface area contributed by atoms with Gasteiger partial charge in [-0.3, -0.25) is 4.98 Å². The molecule has 0 aliphatic heterocycles. The van der Waals surface area contributed by atoms with Crippen molar-refractivity contribution in [1.82, 2.24) is 19.9 Å². The molecule has 0 radical (unpaired) electrons. The van der Waals surface area contributed by atoms with E-state index in [0.29, 0.717) is 18.1 Å². The Labute approximate surface area is 203 Å². The number of thiophene rings is 1. The van der Waals surface area contributed by atoms with Crippen molar-refractivity contribution in [2.24, 2.45) is 0 Å². The quantitative estimate of drug-likeness (QED) is 0.322. The lowest BCUT2D eigenvalue weighted by atomic mass is 10.0. The molecule has 172 valence electrons. The average molecular weight is 471 g/mol. The predicted octanol–water partition coefficient (Wildman–Crippen LogP) is 5.52. The predicted molar refractivity (Wildman–Crippen MR) is 136 cm³/mol. The van der Waals surface area contributed by atoms with Gasteiger partial charge in [0.2, 0.25) is 5.95 Å². The minimum atomic E-state index is 0.476. The maximum Gasteiger partial charge on any atom is 0.227 e. The summed E-state index contributed by atoms with van der Waals surface area (Å²) < 4.78 is 5.88. The molecular formula is C26H26N6OS. The van der Waals surface area contributed by atoms with Crippen LogP contribution in [0.2, 0.25) is 0 Å². The number of aromatic nitrogens is 3. The highest BCUT2D eigenvalue weighted by atomic mass is 32.1. The van der Waals surface area contributed by atoms with E-state index in [1.54, 1.807) is 29.9 Å². The highest BCUT2D eigenvalue weighted by Gasteiger charge is 2.20. The molecule has 0 saturated heterocycles. The zero-order chi connectivity index (χ0) is 23.9. The normalized spacial score (nSPS) is 10.8. The molecule has 34 heavy (non-hydrogen) atoms. The van der Waals surface area contributed by atoms with Gasteiger partial charge in [0.25, 0.3) is 0 Å². The van der Waals surface area contributed by atoms with Crippen LogP contribution < -0.4 is 10.1 Å². The molecule has 0 spiro atoms. The Morgan fingerprint density at radius 2 is 2.03 bits per heavy atom. The van der Waals surface area contributed by atoms with Crippen LogP contribution in [0.15, 0.2) is 61.1 Å². The molecule has 3 aromatic heterocycles. The number of hydrogen-bond donors (Lipinski definition) is 1. The van der Waals surface area contributed by atoms with Gasteiger partial charge in [-0.2, -0.15) is 5.26 Å². The molecular weight excluding hydrogens is 444 g/mol. The van der Waals surface area contributed by atoms with Gasteiger partial charge in [0.1, 0.15) is 11.8 Å². The summed E-state index contributed by atoms with van der Waals surface area (Å²) in [5.41, 5.74) is 4.00. The van der Waals surface area contributed by atoms with Gasteiger partial charge >= 0.3 is 0 Å². The van der Waals surface area contributed by atoms with E-state index in [-0.39, 0.29) is 0 Å². The average Bonchev–Trinajstić information content (AvgIpc) is 3.19. The summed E-state index contributed by atoms with van der Waals surface area (Å²) in [7, 11) is 4.11. The first-order valence-corrected chi connectivity index (χ1v) is 11.8. The van der Waals surface area contributed by atoms with E-state index >= 15 is 0 Å². The van der Waals surface area contributed by atoms with Gasteiger partial charge in [-0.15, -0.1) is 11.3 Å². The molecule has 0 atom stereocenters. The Kier molecular flexibility index (Phi) is 7.48. The van der Waals surface area contributed by atoms with Crippen LogP contribution in [0, 0.1) is 18.3 Å². The first-order chi connectivity index (χ1) is 16.5. The third-order valence-electron chi connectivity index (χ3n) is 5.14. The Morgan fingerprint density at radius 3 is 2.79 bits per heavy atom. The Morgan fingerprint density at radius 1 is 1.15 bits per heavy atom. The summed E-state index contributed by atoms with van der Waals surface area (Å²) in [6.45, 7) is 3.59. The van der Waals surface area contributed by atoms with Gasteiger partial charge in [0.05, 0.1) is 22.7 Å². The van der Waals surface area contributed by atoms with Crippen molar-refractivity contribution in [3.8, 4) is 33.5 Å². The zero-order valence-electron chi connectivity index (χ0n) is 19.4. The summed E-state index contributed by atoms with van der Waals surface area (Å²) in [4.78, 5) is 17.4. The maximum absolute atomic E-state index is 9.78. The topological polar surface area (TPSA) is 87.0 Å². The molecule has 1 N–H and O–H groups in total. The first kappa shape index (κ1) is 23.4. The molecule has 1 aromatic carbocycles. The molecule has 0 saturated carbocycles. The Balaban J connectivity index is 1.58. The summed E-state index contributed by atoms with van der Waals surface area (Å²) in [5.74, 6) is 1.27. The van der Waals surface area contributed by atoms with Crippen molar-refractivity contribution in [2.45, 2.75) is 13.3 Å². The Bertz CT molecular complexity index is 1300. The molecule has 0 unspecified atom stereocenters. The lowest BCUT2D eigenvalue weighted by Gasteiger charge is -2.12. The molecule has 7 nitrogen and oxygen atoms in total. The molecule has 4 rings (SSSR count). The number of rotatable bonds is 9. The van der Waals surface area contributed by atoms with Crippen LogP contribution in [0.25, 0.3) is 21.7 Å². The highest BCUT2D eigenvalue weighted by molar-refractivity contribution is 7.16. The minimum absolute atomic E-state index is 0.476. The molecule has 8 heteroatoms. The second-order valence-electron chi connectivity index (χ2n) is 8.01. The molecule has 3 heterocycles. The van der Waals surface area contributed by atoms with Gasteiger partial charge in [-0.05, 0) is 51.7 Å². The number of hydrogen-bond acceptors (Lipinski definition) is 8. The summed E-state index contributed by atoms with van der Waals surface area (Å²) in [6, 6.07) is 15.8. The van der Waals surface area contributed by atoms with E-state index in [2.05, 4.69) is 40.3 Å². The van der Waals surface area contributed by atoms with Crippen molar-refractivity contribution in [2.75, 3.05) is 32.6 Å². The van der Waals surface area contributed by atoms with Crippen LogP contribution in [-0.2, 0) is 0 Å². The van der Waals surface area contributed by atoms with Crippen molar-refractivity contribution in [1.29, 1.82) is 5.26 Å². The van der Waals surface area contributed by atoms with Gasteiger partial charge in [0.15, 0.2) is 0 Å². The second-order valence-corrected chi connectivity index (χ2v) is 9.24. The van der Waals surface area contributed by atoms with Crippen LogP contribution >= 0.6 is 11.3 Å². The van der Waals surface area contributed by atoms with E-state index in [1.165, 1.54) is 0 Å². The van der Waals surface area contributed by atoms with E-state index in [4.69, 9.17) is 9.72 Å². The number of ether oxygens (including phenoxy) is 1. The van der Waals surface area contributed by atoms with E-state index < -0.39 is 0 Å². The Hall–Kier alpha value is -3.80. The molecule has 0 aliphatic rings. The molecule has 0 aliphatic carbocycles. The van der Waals surface area contributed by atoms with Crippen LogP contribution in [0.4, 0.5) is 11.6 Å². The minimum Gasteiger partial charge on any atom is -0.493 e. The number of nitrogens with zero attached hydrogens (tertiary/aromatic N) is 5. The van der Waals surface area contributed by atoms with E-state index in [0.717, 1.165) is 51.0 Å². The maximum atomic E-state index is 9.78. The lowest BCUT2D eigenvalue weighted by Crippen LogP contribution is -2.15. The fourth-order valence-electron chi connectivity index (χ4n) is 3.55. The summed E-state index contributed by atoms with van der Waals surface area (Å²) >= 11 is 1.55.